The molecule has 0 aromatic heterocycles. The topological polar surface area (TPSA) is 104 Å². The average Bonchev–Trinajstić information content (AvgIpc) is 2.94. The second kappa shape index (κ2) is 8.18. The smallest absolute Gasteiger partial charge is 0.407 e. The molecule has 0 unspecified atom stereocenters. The second-order valence-electron chi connectivity index (χ2n) is 5.59. The molecule has 0 aliphatic carbocycles. The molecule has 1 saturated heterocycles. The predicted molar refractivity (Wildman–Crippen MR) is 87.4 cm³/mol. The van der Waals surface area contributed by atoms with E-state index in [1.165, 1.54) is 11.8 Å². The number of aliphatic hydroxyl groups excluding tert-OH is 2. The van der Waals surface area contributed by atoms with Gasteiger partial charge in [-0.05, 0) is 13.3 Å². The number of hydrogen-bond acceptors (Lipinski definition) is 8. The molecule has 3 N–H and O–H groups in total. The van der Waals surface area contributed by atoms with Gasteiger partial charge in [-0.3, -0.25) is 4.99 Å². The van der Waals surface area contributed by atoms with Gasteiger partial charge in [0.1, 0.15) is 36.4 Å². The average molecular weight is 347 g/mol. The van der Waals surface area contributed by atoms with Gasteiger partial charge < -0.3 is 29.9 Å². The fourth-order valence-corrected chi connectivity index (χ4v) is 3.74. The normalized spacial score (nSPS) is 32.9. The van der Waals surface area contributed by atoms with E-state index in [4.69, 9.17) is 9.47 Å². The van der Waals surface area contributed by atoms with Crippen molar-refractivity contribution in [3.8, 4) is 0 Å². The number of carbonyl (C=O) groups is 1. The van der Waals surface area contributed by atoms with Crippen molar-refractivity contribution in [2.75, 3.05) is 26.7 Å². The number of nitrogens with zero attached hydrogens (tertiary/aromatic N) is 2. The maximum atomic E-state index is 11.3. The van der Waals surface area contributed by atoms with Crippen LogP contribution in [0.25, 0.3) is 0 Å². The fraction of sp³-hybridized carbons (Fsp3) is 0.857. The Kier molecular flexibility index (Phi) is 6.51. The highest BCUT2D eigenvalue weighted by Gasteiger charge is 2.49. The van der Waals surface area contributed by atoms with E-state index < -0.39 is 30.4 Å². The van der Waals surface area contributed by atoms with Crippen LogP contribution in [0.2, 0.25) is 0 Å². The number of thioether (sulfide) groups is 1. The molecule has 0 radical (unpaired) electrons. The van der Waals surface area contributed by atoms with Crippen LogP contribution >= 0.6 is 11.8 Å². The molecule has 2 rings (SSSR count). The molecule has 0 bridgehead atoms. The minimum absolute atomic E-state index is 0.117. The van der Waals surface area contributed by atoms with E-state index in [-0.39, 0.29) is 12.0 Å². The zero-order valence-corrected chi connectivity index (χ0v) is 14.5. The Morgan fingerprint density at radius 3 is 2.83 bits per heavy atom. The van der Waals surface area contributed by atoms with E-state index in [0.717, 1.165) is 18.1 Å². The van der Waals surface area contributed by atoms with E-state index in [1.54, 1.807) is 6.92 Å². The molecule has 0 aromatic carbocycles. The molecule has 2 aliphatic heterocycles. The lowest BCUT2D eigenvalue weighted by Crippen LogP contribution is -2.56. The number of carbonyl (C=O) groups excluding carboxylic acids is 1. The Hall–Kier alpha value is -1.03. The molecule has 2 aliphatic rings. The molecular weight excluding hydrogens is 322 g/mol. The van der Waals surface area contributed by atoms with Crippen molar-refractivity contribution in [1.82, 2.24) is 10.2 Å². The van der Waals surface area contributed by atoms with Crippen molar-refractivity contribution in [1.29, 1.82) is 0 Å². The zero-order chi connectivity index (χ0) is 17.0. The van der Waals surface area contributed by atoms with Crippen LogP contribution in [0.15, 0.2) is 4.99 Å². The molecule has 5 atom stereocenters. The first-order valence-corrected chi connectivity index (χ1v) is 8.73. The first-order valence-electron chi connectivity index (χ1n) is 7.85. The number of ether oxygens (including phenoxy) is 2. The van der Waals surface area contributed by atoms with Gasteiger partial charge in [-0.1, -0.05) is 18.7 Å². The highest BCUT2D eigenvalue weighted by Crippen LogP contribution is 2.37. The maximum Gasteiger partial charge on any atom is 0.407 e. The number of nitrogens with one attached hydrogen (secondary N) is 1. The Morgan fingerprint density at radius 1 is 1.43 bits per heavy atom. The van der Waals surface area contributed by atoms with Crippen molar-refractivity contribution in [3.05, 3.63) is 0 Å². The molecule has 23 heavy (non-hydrogen) atoms. The van der Waals surface area contributed by atoms with Crippen LogP contribution in [-0.4, -0.2) is 82.9 Å². The van der Waals surface area contributed by atoms with Gasteiger partial charge in [0.15, 0.2) is 5.17 Å². The first kappa shape index (κ1) is 18.3. The highest BCUT2D eigenvalue weighted by atomic mass is 32.2. The second-order valence-corrected chi connectivity index (χ2v) is 6.66. The van der Waals surface area contributed by atoms with Crippen molar-refractivity contribution in [2.45, 2.75) is 50.1 Å². The number of aliphatic hydroxyl groups is 2. The van der Waals surface area contributed by atoms with Gasteiger partial charge in [0, 0.05) is 20.1 Å². The number of aliphatic imine (C=N–C) groups is 1. The number of amidine groups is 1. The molecule has 0 saturated carbocycles. The van der Waals surface area contributed by atoms with Crippen molar-refractivity contribution in [3.63, 3.8) is 0 Å². The zero-order valence-electron chi connectivity index (χ0n) is 13.6. The van der Waals surface area contributed by atoms with Gasteiger partial charge in [-0.2, -0.15) is 0 Å². The lowest BCUT2D eigenvalue weighted by atomic mass is 9.99. The third kappa shape index (κ3) is 4.28. The predicted octanol–water partition coefficient (Wildman–Crippen LogP) is -0.00760. The SMILES string of the molecule is CCCN(C)C1=N[C@@H]2[C@@H](O)[C@@H](O)[C@@H](COC(=O)NCC)O[C@@H]2S1. The molecule has 0 spiro atoms. The molecule has 2 heterocycles. The summed E-state index contributed by atoms with van der Waals surface area (Å²) >= 11 is 1.42. The van der Waals surface area contributed by atoms with Crippen molar-refractivity contribution in [2.24, 2.45) is 4.99 Å². The molecule has 1 amide bonds. The Balaban J connectivity index is 1.95. The summed E-state index contributed by atoms with van der Waals surface area (Å²) in [6, 6.07) is -0.509. The minimum Gasteiger partial charge on any atom is -0.447 e. The van der Waals surface area contributed by atoms with Gasteiger partial charge in [0.25, 0.3) is 0 Å². The Labute approximate surface area is 140 Å². The molecule has 8 nitrogen and oxygen atoms in total. The van der Waals surface area contributed by atoms with Crippen LogP contribution in [0.4, 0.5) is 4.79 Å². The molecule has 132 valence electrons. The lowest BCUT2D eigenvalue weighted by Gasteiger charge is -2.37. The van der Waals surface area contributed by atoms with E-state index >= 15 is 0 Å². The third-order valence-electron chi connectivity index (χ3n) is 3.73. The number of fused-ring (bicyclic) bond motifs is 1. The van der Waals surface area contributed by atoms with Crippen LogP contribution in [0.3, 0.4) is 0 Å². The van der Waals surface area contributed by atoms with E-state index in [0.29, 0.717) is 6.54 Å². The summed E-state index contributed by atoms with van der Waals surface area (Å²) in [6.45, 7) is 5.05. The highest BCUT2D eigenvalue weighted by molar-refractivity contribution is 8.14. The van der Waals surface area contributed by atoms with Crippen LogP contribution in [0.5, 0.6) is 0 Å². The van der Waals surface area contributed by atoms with Crippen LogP contribution in [-0.2, 0) is 9.47 Å². The largest absolute Gasteiger partial charge is 0.447 e. The fourth-order valence-electron chi connectivity index (χ4n) is 2.52. The monoisotopic (exact) mass is 347 g/mol. The number of rotatable bonds is 5. The summed E-state index contributed by atoms with van der Waals surface area (Å²) < 4.78 is 10.8. The number of amides is 1. The van der Waals surface area contributed by atoms with Crippen LogP contribution in [0, 0.1) is 0 Å². The molecular formula is C14H25N3O5S. The lowest BCUT2D eigenvalue weighted by molar-refractivity contribution is -0.164. The Bertz CT molecular complexity index is 450. The van der Waals surface area contributed by atoms with Crippen LogP contribution in [0.1, 0.15) is 20.3 Å². The minimum atomic E-state index is -1.15. The van der Waals surface area contributed by atoms with Crippen LogP contribution < -0.4 is 5.32 Å². The van der Waals surface area contributed by atoms with Gasteiger partial charge in [-0.15, -0.1) is 0 Å². The third-order valence-corrected chi connectivity index (χ3v) is 4.99. The first-order chi connectivity index (χ1) is 11.0. The maximum absolute atomic E-state index is 11.3. The van der Waals surface area contributed by atoms with Gasteiger partial charge in [0.05, 0.1) is 0 Å². The Morgan fingerprint density at radius 2 is 2.17 bits per heavy atom. The standard InChI is InChI=1S/C14H25N3O5S/c1-4-6-17(3)13-16-9-11(19)10(18)8(22-12(9)23-13)7-21-14(20)15-5-2/h8-12,18-19H,4-7H2,1-3H3,(H,15,20)/t8-,9-,10+,11-,12-/m1/s1. The van der Waals surface area contributed by atoms with E-state index in [2.05, 4.69) is 17.2 Å². The summed E-state index contributed by atoms with van der Waals surface area (Å²) in [5.41, 5.74) is -0.384. The quantitative estimate of drug-likeness (QED) is 0.643. The summed E-state index contributed by atoms with van der Waals surface area (Å²) in [5.74, 6) is 0. The van der Waals surface area contributed by atoms with Crippen molar-refractivity contribution < 1.29 is 24.5 Å². The van der Waals surface area contributed by atoms with Gasteiger partial charge in [0.2, 0.25) is 0 Å². The summed E-state index contributed by atoms with van der Waals surface area (Å²) in [6.07, 6.45) is -2.55. The van der Waals surface area contributed by atoms with Gasteiger partial charge >= 0.3 is 6.09 Å². The summed E-state index contributed by atoms with van der Waals surface area (Å²) in [5, 5.41) is 23.8. The summed E-state index contributed by atoms with van der Waals surface area (Å²) in [7, 11) is 1.94. The number of alkyl carbamates (subject to hydrolysis) is 1. The van der Waals surface area contributed by atoms with Crippen molar-refractivity contribution >= 4 is 23.0 Å². The van der Waals surface area contributed by atoms with Gasteiger partial charge in [-0.25, -0.2) is 4.79 Å². The molecule has 9 heteroatoms. The summed E-state index contributed by atoms with van der Waals surface area (Å²) in [4.78, 5) is 17.8. The van der Waals surface area contributed by atoms with E-state index in [9.17, 15) is 15.0 Å². The molecule has 0 aromatic rings. The number of hydrogen-bond donors (Lipinski definition) is 3. The molecule has 1 fully saturated rings. The van der Waals surface area contributed by atoms with E-state index in [1.807, 2.05) is 11.9 Å².